The van der Waals surface area contributed by atoms with E-state index in [0.29, 0.717) is 18.7 Å². The first-order chi connectivity index (χ1) is 11.0. The highest BCUT2D eigenvalue weighted by Gasteiger charge is 2.23. The molecular formula is C17H20N4O2. The second-order valence-corrected chi connectivity index (χ2v) is 5.82. The van der Waals surface area contributed by atoms with Gasteiger partial charge in [0.25, 0.3) is 5.91 Å². The van der Waals surface area contributed by atoms with Gasteiger partial charge < -0.3 is 10.2 Å². The minimum absolute atomic E-state index is 0.135. The smallest absolute Gasteiger partial charge is 0.269 e. The summed E-state index contributed by atoms with van der Waals surface area (Å²) in [6, 6.07) is 7.95. The highest BCUT2D eigenvalue weighted by atomic mass is 16.6. The number of hydrogen-bond acceptors (Lipinski definition) is 4. The molecule has 0 saturated carbocycles. The van der Waals surface area contributed by atoms with Crippen LogP contribution >= 0.6 is 0 Å². The molecule has 1 aliphatic rings. The average molecular weight is 312 g/mol. The van der Waals surface area contributed by atoms with Crippen LogP contribution in [0.3, 0.4) is 0 Å². The molecule has 23 heavy (non-hydrogen) atoms. The number of aryl methyl sites for hydroxylation is 3. The van der Waals surface area contributed by atoms with Gasteiger partial charge in [0.05, 0.1) is 12.3 Å². The van der Waals surface area contributed by atoms with E-state index in [2.05, 4.69) is 47.6 Å². The maximum Gasteiger partial charge on any atom is 0.269 e. The lowest BCUT2D eigenvalue weighted by Crippen LogP contribution is -2.33. The Morgan fingerprint density at radius 1 is 1.35 bits per heavy atom. The molecule has 6 nitrogen and oxygen atoms in total. The van der Waals surface area contributed by atoms with E-state index in [4.69, 9.17) is 4.84 Å². The largest absolute Gasteiger partial charge is 0.390 e. The monoisotopic (exact) mass is 312 g/mol. The van der Waals surface area contributed by atoms with Crippen molar-refractivity contribution in [3.63, 3.8) is 0 Å². The van der Waals surface area contributed by atoms with Crippen molar-refractivity contribution >= 4 is 11.6 Å². The van der Waals surface area contributed by atoms with Crippen LogP contribution in [0.2, 0.25) is 0 Å². The Kier molecular flexibility index (Phi) is 4.14. The number of oxime groups is 1. The van der Waals surface area contributed by atoms with E-state index in [1.54, 1.807) is 24.0 Å². The van der Waals surface area contributed by atoms with Gasteiger partial charge in [-0.2, -0.15) is 5.10 Å². The van der Waals surface area contributed by atoms with E-state index >= 15 is 0 Å². The molecule has 0 fully saturated rings. The first-order valence-corrected chi connectivity index (χ1v) is 7.61. The number of amides is 1. The van der Waals surface area contributed by atoms with Crippen molar-refractivity contribution in [2.24, 2.45) is 12.2 Å². The van der Waals surface area contributed by atoms with Crippen molar-refractivity contribution in [1.82, 2.24) is 15.1 Å². The Bertz CT molecular complexity index is 764. The number of nitrogens with zero attached hydrogens (tertiary/aromatic N) is 3. The summed E-state index contributed by atoms with van der Waals surface area (Å²) in [4.78, 5) is 17.5. The molecule has 0 unspecified atom stereocenters. The number of aromatic nitrogens is 2. The molecule has 120 valence electrons. The topological polar surface area (TPSA) is 68.5 Å². The van der Waals surface area contributed by atoms with Crippen LogP contribution in [0.4, 0.5) is 0 Å². The van der Waals surface area contributed by atoms with Gasteiger partial charge in [0.1, 0.15) is 11.8 Å². The molecule has 0 bridgehead atoms. The van der Waals surface area contributed by atoms with Gasteiger partial charge in [-0.15, -0.1) is 0 Å². The van der Waals surface area contributed by atoms with Crippen LogP contribution in [0, 0.1) is 13.8 Å². The van der Waals surface area contributed by atoms with E-state index in [9.17, 15) is 4.79 Å². The molecule has 1 aromatic carbocycles. The van der Waals surface area contributed by atoms with Crippen molar-refractivity contribution in [2.45, 2.75) is 26.4 Å². The standard InChI is InChI=1S/C17H20N4O2/c1-11-4-5-13(8-12(11)2)15-9-14(23-20-15)10-18-17(22)16-6-7-19-21(16)3/h4-8,14H,9-10H2,1-3H3,(H,18,22)/t14-/m0/s1. The van der Waals surface area contributed by atoms with E-state index in [0.717, 1.165) is 11.3 Å². The Balaban J connectivity index is 1.56. The molecule has 0 saturated heterocycles. The number of rotatable bonds is 4. The molecule has 6 heteroatoms. The van der Waals surface area contributed by atoms with Gasteiger partial charge in [-0.3, -0.25) is 9.48 Å². The molecule has 1 atom stereocenters. The first kappa shape index (κ1) is 15.3. The summed E-state index contributed by atoms with van der Waals surface area (Å²) >= 11 is 0. The first-order valence-electron chi connectivity index (χ1n) is 7.61. The predicted octanol–water partition coefficient (Wildman–Crippen LogP) is 1.96. The van der Waals surface area contributed by atoms with Gasteiger partial charge in [0, 0.05) is 19.7 Å². The zero-order chi connectivity index (χ0) is 16.4. The Morgan fingerprint density at radius 2 is 2.17 bits per heavy atom. The number of benzene rings is 1. The van der Waals surface area contributed by atoms with E-state index < -0.39 is 0 Å². The molecule has 1 aromatic heterocycles. The summed E-state index contributed by atoms with van der Waals surface area (Å²) in [6.45, 7) is 4.59. The third-order valence-corrected chi connectivity index (χ3v) is 4.12. The summed E-state index contributed by atoms with van der Waals surface area (Å²) in [7, 11) is 1.74. The molecule has 1 amide bonds. The van der Waals surface area contributed by atoms with Crippen LogP contribution < -0.4 is 5.32 Å². The minimum atomic E-state index is -0.159. The van der Waals surface area contributed by atoms with Crippen molar-refractivity contribution in [3.8, 4) is 0 Å². The molecule has 0 radical (unpaired) electrons. The SMILES string of the molecule is Cc1ccc(C2=NO[C@H](CNC(=O)c3ccnn3C)C2)cc1C. The lowest BCUT2D eigenvalue weighted by Gasteiger charge is -2.10. The molecule has 0 spiro atoms. The van der Waals surface area contributed by atoms with Crippen LogP contribution in [-0.4, -0.2) is 34.0 Å². The summed E-state index contributed by atoms with van der Waals surface area (Å²) < 4.78 is 1.54. The van der Waals surface area contributed by atoms with Gasteiger partial charge in [0.15, 0.2) is 0 Å². The highest BCUT2D eigenvalue weighted by Crippen LogP contribution is 2.18. The fraction of sp³-hybridized carbons (Fsp3) is 0.353. The summed E-state index contributed by atoms with van der Waals surface area (Å²) in [5.41, 5.74) is 5.02. The molecule has 2 aromatic rings. The predicted molar refractivity (Wildman–Crippen MR) is 87.5 cm³/mol. The maximum atomic E-state index is 12.1. The second-order valence-electron chi connectivity index (χ2n) is 5.82. The number of hydrogen-bond donors (Lipinski definition) is 1. The summed E-state index contributed by atoms with van der Waals surface area (Å²) in [6.07, 6.45) is 2.15. The van der Waals surface area contributed by atoms with Crippen LogP contribution in [0.5, 0.6) is 0 Å². The van der Waals surface area contributed by atoms with Crippen LogP contribution in [0.1, 0.15) is 33.6 Å². The van der Waals surface area contributed by atoms with Crippen molar-refractivity contribution in [3.05, 3.63) is 52.8 Å². The van der Waals surface area contributed by atoms with E-state index in [1.807, 2.05) is 0 Å². The number of carbonyl (C=O) groups is 1. The van der Waals surface area contributed by atoms with E-state index in [1.165, 1.54) is 11.1 Å². The van der Waals surface area contributed by atoms with Crippen LogP contribution in [0.25, 0.3) is 0 Å². The van der Waals surface area contributed by atoms with Gasteiger partial charge in [-0.05, 0) is 42.7 Å². The zero-order valence-electron chi connectivity index (χ0n) is 13.5. The molecular weight excluding hydrogens is 292 g/mol. The average Bonchev–Trinajstić information content (AvgIpc) is 3.16. The summed E-state index contributed by atoms with van der Waals surface area (Å²) in [5.74, 6) is -0.159. The number of nitrogens with one attached hydrogen (secondary N) is 1. The fourth-order valence-corrected chi connectivity index (χ4v) is 2.52. The summed E-state index contributed by atoms with van der Waals surface area (Å²) in [5, 5.41) is 11.0. The highest BCUT2D eigenvalue weighted by molar-refractivity contribution is 6.01. The Hall–Kier alpha value is -2.63. The van der Waals surface area contributed by atoms with Crippen LogP contribution in [0.15, 0.2) is 35.6 Å². The van der Waals surface area contributed by atoms with Crippen molar-refractivity contribution in [1.29, 1.82) is 0 Å². The zero-order valence-corrected chi connectivity index (χ0v) is 13.5. The van der Waals surface area contributed by atoms with Crippen LogP contribution in [-0.2, 0) is 11.9 Å². The molecule has 3 rings (SSSR count). The molecule has 1 aliphatic heterocycles. The Labute approximate surface area is 135 Å². The number of carbonyl (C=O) groups excluding carboxylic acids is 1. The maximum absolute atomic E-state index is 12.1. The quantitative estimate of drug-likeness (QED) is 0.938. The normalized spacial score (nSPS) is 16.8. The van der Waals surface area contributed by atoms with E-state index in [-0.39, 0.29) is 12.0 Å². The molecule has 1 N–H and O–H groups in total. The third kappa shape index (κ3) is 3.26. The lowest BCUT2D eigenvalue weighted by molar-refractivity contribution is 0.0749. The third-order valence-electron chi connectivity index (χ3n) is 4.12. The minimum Gasteiger partial charge on any atom is -0.390 e. The molecule has 2 heterocycles. The Morgan fingerprint density at radius 3 is 2.87 bits per heavy atom. The van der Waals surface area contributed by atoms with Gasteiger partial charge >= 0.3 is 0 Å². The fourth-order valence-electron chi connectivity index (χ4n) is 2.52. The molecule has 0 aliphatic carbocycles. The van der Waals surface area contributed by atoms with Crippen molar-refractivity contribution < 1.29 is 9.63 Å². The van der Waals surface area contributed by atoms with Gasteiger partial charge in [-0.25, -0.2) is 0 Å². The second kappa shape index (κ2) is 6.24. The lowest BCUT2D eigenvalue weighted by atomic mass is 10.0. The van der Waals surface area contributed by atoms with Gasteiger partial charge in [-0.1, -0.05) is 17.3 Å². The van der Waals surface area contributed by atoms with Gasteiger partial charge in [0.2, 0.25) is 0 Å². The van der Waals surface area contributed by atoms with Crippen molar-refractivity contribution in [2.75, 3.05) is 6.54 Å².